The normalized spacial score (nSPS) is 11.1. The molecule has 0 fully saturated rings. The molecule has 0 atom stereocenters. The standard InChI is InChI=1S/C24H26N2O4S/c1-16-5-12-23(19(4)13-16)25-24(27)15-30-21-8-10-22(11-9-21)31(28,29)26-20-7-6-17(2)18(3)14-20/h5-14,26H,15H2,1-4H3,(H,25,27). The highest BCUT2D eigenvalue weighted by Crippen LogP contribution is 2.21. The highest BCUT2D eigenvalue weighted by molar-refractivity contribution is 7.92. The second-order valence-electron chi connectivity index (χ2n) is 7.53. The first-order valence-electron chi connectivity index (χ1n) is 9.84. The van der Waals surface area contributed by atoms with Gasteiger partial charge in [-0.3, -0.25) is 9.52 Å². The molecule has 3 rings (SSSR count). The first kappa shape index (κ1) is 22.4. The van der Waals surface area contributed by atoms with E-state index in [9.17, 15) is 13.2 Å². The first-order valence-corrected chi connectivity index (χ1v) is 11.3. The Kier molecular flexibility index (Phi) is 6.65. The van der Waals surface area contributed by atoms with Crippen LogP contribution in [0.4, 0.5) is 11.4 Å². The number of carbonyl (C=O) groups is 1. The van der Waals surface area contributed by atoms with Gasteiger partial charge in [-0.25, -0.2) is 8.42 Å². The van der Waals surface area contributed by atoms with Crippen LogP contribution in [0.1, 0.15) is 22.3 Å². The highest BCUT2D eigenvalue weighted by atomic mass is 32.2. The molecule has 0 radical (unpaired) electrons. The lowest BCUT2D eigenvalue weighted by molar-refractivity contribution is -0.118. The average Bonchev–Trinajstić information content (AvgIpc) is 2.71. The molecular formula is C24H26N2O4S. The Morgan fingerprint density at radius 2 is 1.55 bits per heavy atom. The summed E-state index contributed by atoms with van der Waals surface area (Å²) in [5.74, 6) is 0.112. The summed E-state index contributed by atoms with van der Waals surface area (Å²) in [5, 5.41) is 2.81. The van der Waals surface area contributed by atoms with Crippen LogP contribution >= 0.6 is 0 Å². The number of aryl methyl sites for hydroxylation is 4. The van der Waals surface area contributed by atoms with Crippen molar-refractivity contribution in [2.75, 3.05) is 16.6 Å². The van der Waals surface area contributed by atoms with Gasteiger partial charge in [0.2, 0.25) is 0 Å². The second kappa shape index (κ2) is 9.22. The van der Waals surface area contributed by atoms with Crippen molar-refractivity contribution >= 4 is 27.3 Å². The number of hydrogen-bond donors (Lipinski definition) is 2. The quantitative estimate of drug-likeness (QED) is 0.558. The summed E-state index contributed by atoms with van der Waals surface area (Å²) in [6.07, 6.45) is 0. The van der Waals surface area contributed by atoms with Gasteiger partial charge < -0.3 is 10.1 Å². The molecule has 3 aromatic rings. The number of amides is 1. The van der Waals surface area contributed by atoms with E-state index in [2.05, 4.69) is 10.0 Å². The number of rotatable bonds is 7. The minimum absolute atomic E-state index is 0.109. The zero-order valence-electron chi connectivity index (χ0n) is 18.0. The third-order valence-electron chi connectivity index (χ3n) is 4.92. The lowest BCUT2D eigenvalue weighted by Crippen LogP contribution is -2.20. The third kappa shape index (κ3) is 5.86. The molecule has 0 aliphatic rings. The molecule has 0 aromatic heterocycles. The molecule has 0 spiro atoms. The van der Waals surface area contributed by atoms with Gasteiger partial charge >= 0.3 is 0 Å². The SMILES string of the molecule is Cc1ccc(NC(=O)COc2ccc(S(=O)(=O)Nc3ccc(C)c(C)c3)cc2)c(C)c1. The van der Waals surface area contributed by atoms with Gasteiger partial charge in [-0.1, -0.05) is 23.8 Å². The second-order valence-corrected chi connectivity index (χ2v) is 9.21. The van der Waals surface area contributed by atoms with E-state index in [1.54, 1.807) is 12.1 Å². The van der Waals surface area contributed by atoms with Crippen LogP contribution < -0.4 is 14.8 Å². The molecule has 0 bridgehead atoms. The highest BCUT2D eigenvalue weighted by Gasteiger charge is 2.15. The zero-order chi connectivity index (χ0) is 22.6. The number of anilines is 2. The molecule has 162 valence electrons. The lowest BCUT2D eigenvalue weighted by atomic mass is 10.1. The molecule has 6 nitrogen and oxygen atoms in total. The number of carbonyl (C=O) groups excluding carboxylic acids is 1. The topological polar surface area (TPSA) is 84.5 Å². The van der Waals surface area contributed by atoms with Crippen molar-refractivity contribution in [3.63, 3.8) is 0 Å². The van der Waals surface area contributed by atoms with Crippen molar-refractivity contribution in [1.82, 2.24) is 0 Å². The average molecular weight is 439 g/mol. The fourth-order valence-electron chi connectivity index (χ4n) is 3.02. The molecule has 0 saturated heterocycles. The van der Waals surface area contributed by atoms with Crippen LogP contribution in [0.3, 0.4) is 0 Å². The Balaban J connectivity index is 1.60. The molecule has 3 aromatic carbocycles. The number of benzene rings is 3. The Morgan fingerprint density at radius 1 is 0.839 bits per heavy atom. The Hall–Kier alpha value is -3.32. The van der Waals surface area contributed by atoms with Gasteiger partial charge in [0.25, 0.3) is 15.9 Å². The van der Waals surface area contributed by atoms with Gasteiger partial charge in [0.05, 0.1) is 4.90 Å². The van der Waals surface area contributed by atoms with Crippen LogP contribution in [0, 0.1) is 27.7 Å². The van der Waals surface area contributed by atoms with Crippen LogP contribution in [0.2, 0.25) is 0 Å². The summed E-state index contributed by atoms with van der Waals surface area (Å²) in [7, 11) is -3.72. The molecule has 0 unspecified atom stereocenters. The van der Waals surface area contributed by atoms with Gasteiger partial charge in [-0.15, -0.1) is 0 Å². The largest absolute Gasteiger partial charge is 0.484 e. The molecule has 0 aliphatic carbocycles. The number of ether oxygens (including phenoxy) is 1. The summed E-state index contributed by atoms with van der Waals surface area (Å²) in [5.41, 5.74) is 5.42. The molecular weight excluding hydrogens is 412 g/mol. The van der Waals surface area contributed by atoms with E-state index < -0.39 is 10.0 Å². The number of hydrogen-bond acceptors (Lipinski definition) is 4. The van der Waals surface area contributed by atoms with Crippen LogP contribution in [-0.2, 0) is 14.8 Å². The Labute approximate surface area is 183 Å². The van der Waals surface area contributed by atoms with Crippen LogP contribution in [0.15, 0.2) is 65.6 Å². The minimum atomic E-state index is -3.72. The van der Waals surface area contributed by atoms with Gasteiger partial charge in [0.1, 0.15) is 5.75 Å². The third-order valence-corrected chi connectivity index (χ3v) is 6.32. The van der Waals surface area contributed by atoms with Gasteiger partial charge in [-0.2, -0.15) is 0 Å². The summed E-state index contributed by atoms with van der Waals surface area (Å²) in [6.45, 7) is 7.63. The van der Waals surface area contributed by atoms with Crippen molar-refractivity contribution in [2.45, 2.75) is 32.6 Å². The number of sulfonamides is 1. The molecule has 0 heterocycles. The van der Waals surface area contributed by atoms with Crippen molar-refractivity contribution in [2.24, 2.45) is 0 Å². The Morgan fingerprint density at radius 3 is 2.19 bits per heavy atom. The van der Waals surface area contributed by atoms with Crippen LogP contribution in [0.25, 0.3) is 0 Å². The van der Waals surface area contributed by atoms with E-state index in [4.69, 9.17) is 4.74 Å². The first-order chi connectivity index (χ1) is 14.6. The molecule has 0 aliphatic heterocycles. The fraction of sp³-hybridized carbons (Fsp3) is 0.208. The molecule has 1 amide bonds. The van der Waals surface area contributed by atoms with E-state index in [1.807, 2.05) is 52.0 Å². The molecule has 31 heavy (non-hydrogen) atoms. The van der Waals surface area contributed by atoms with E-state index in [-0.39, 0.29) is 17.4 Å². The number of nitrogens with one attached hydrogen (secondary N) is 2. The van der Waals surface area contributed by atoms with Gasteiger partial charge in [0, 0.05) is 11.4 Å². The Bertz CT molecular complexity index is 1200. The van der Waals surface area contributed by atoms with E-state index in [0.717, 1.165) is 27.9 Å². The predicted octanol–water partition coefficient (Wildman–Crippen LogP) is 4.74. The minimum Gasteiger partial charge on any atom is -0.484 e. The van der Waals surface area contributed by atoms with Crippen LogP contribution in [-0.4, -0.2) is 20.9 Å². The lowest BCUT2D eigenvalue weighted by Gasteiger charge is -2.12. The monoisotopic (exact) mass is 438 g/mol. The summed E-state index contributed by atoms with van der Waals surface area (Å²) >= 11 is 0. The van der Waals surface area contributed by atoms with E-state index in [1.165, 1.54) is 24.3 Å². The maximum absolute atomic E-state index is 12.6. The van der Waals surface area contributed by atoms with Crippen LogP contribution in [0.5, 0.6) is 5.75 Å². The van der Waals surface area contributed by atoms with Crippen molar-refractivity contribution in [3.05, 3.63) is 82.9 Å². The van der Waals surface area contributed by atoms with Crippen molar-refractivity contribution < 1.29 is 17.9 Å². The van der Waals surface area contributed by atoms with Crippen molar-refractivity contribution in [3.8, 4) is 5.75 Å². The predicted molar refractivity (Wildman–Crippen MR) is 123 cm³/mol. The fourth-order valence-corrected chi connectivity index (χ4v) is 4.07. The van der Waals surface area contributed by atoms with Gasteiger partial charge in [-0.05, 0) is 86.8 Å². The summed E-state index contributed by atoms with van der Waals surface area (Å²) in [4.78, 5) is 12.3. The van der Waals surface area contributed by atoms with E-state index >= 15 is 0 Å². The molecule has 2 N–H and O–H groups in total. The zero-order valence-corrected chi connectivity index (χ0v) is 18.8. The van der Waals surface area contributed by atoms with Crippen molar-refractivity contribution in [1.29, 1.82) is 0 Å². The summed E-state index contributed by atoms with van der Waals surface area (Å²) < 4.78 is 33.3. The summed E-state index contributed by atoms with van der Waals surface area (Å²) in [6, 6.07) is 17.1. The molecule has 0 saturated carbocycles. The van der Waals surface area contributed by atoms with Gasteiger partial charge in [0.15, 0.2) is 6.61 Å². The maximum atomic E-state index is 12.6. The smallest absolute Gasteiger partial charge is 0.262 e. The molecule has 7 heteroatoms. The maximum Gasteiger partial charge on any atom is 0.262 e. The van der Waals surface area contributed by atoms with E-state index in [0.29, 0.717) is 11.4 Å².